The molecule has 1 amide bonds. The fraction of sp³-hybridized carbons (Fsp3) is 0.875. The summed E-state index contributed by atoms with van der Waals surface area (Å²) in [5, 5.41) is 6.56. The number of nitrogens with zero attached hydrogens (tertiary/aromatic N) is 3. The first kappa shape index (κ1) is 18.7. The second-order valence-electron chi connectivity index (χ2n) is 6.30. The maximum absolute atomic E-state index is 11.6. The highest BCUT2D eigenvalue weighted by Crippen LogP contribution is 2.18. The van der Waals surface area contributed by atoms with Crippen molar-refractivity contribution in [1.29, 1.82) is 0 Å². The summed E-state index contributed by atoms with van der Waals surface area (Å²) in [7, 11) is 3.50. The van der Waals surface area contributed by atoms with Crippen LogP contribution in [0.25, 0.3) is 0 Å². The Morgan fingerprint density at radius 3 is 2.68 bits per heavy atom. The van der Waals surface area contributed by atoms with Crippen LogP contribution in [0.1, 0.15) is 40.0 Å². The van der Waals surface area contributed by atoms with Crippen LogP contribution in [-0.2, 0) is 4.79 Å². The molecule has 1 aliphatic rings. The van der Waals surface area contributed by atoms with Gasteiger partial charge in [-0.05, 0) is 40.2 Å². The number of nitrogens with one attached hydrogen (secondary N) is 2. The molecule has 0 aromatic carbocycles. The molecule has 2 unspecified atom stereocenters. The minimum Gasteiger partial charge on any atom is -0.357 e. The lowest BCUT2D eigenvalue weighted by molar-refractivity contribution is -0.127. The zero-order valence-electron chi connectivity index (χ0n) is 14.9. The Labute approximate surface area is 135 Å². The van der Waals surface area contributed by atoms with Crippen LogP contribution < -0.4 is 10.6 Å². The number of carbonyl (C=O) groups excluding carboxylic acids is 1. The highest BCUT2D eigenvalue weighted by Gasteiger charge is 2.22. The molecule has 2 N–H and O–H groups in total. The van der Waals surface area contributed by atoms with Crippen molar-refractivity contribution in [1.82, 2.24) is 20.4 Å². The van der Waals surface area contributed by atoms with E-state index in [1.54, 1.807) is 19.0 Å². The number of aliphatic imine (C=N–C) groups is 1. The van der Waals surface area contributed by atoms with E-state index in [0.717, 1.165) is 13.1 Å². The van der Waals surface area contributed by atoms with E-state index in [0.29, 0.717) is 18.0 Å². The average Bonchev–Trinajstić information content (AvgIpc) is 2.49. The van der Waals surface area contributed by atoms with Crippen molar-refractivity contribution in [3.05, 3.63) is 0 Å². The lowest BCUT2D eigenvalue weighted by atomic mass is 10.0. The molecule has 6 heteroatoms. The fourth-order valence-corrected chi connectivity index (χ4v) is 2.77. The van der Waals surface area contributed by atoms with Gasteiger partial charge in [0.1, 0.15) is 6.54 Å². The van der Waals surface area contributed by atoms with E-state index < -0.39 is 0 Å². The lowest BCUT2D eigenvalue weighted by Gasteiger charge is -2.38. The van der Waals surface area contributed by atoms with E-state index in [1.807, 2.05) is 6.92 Å². The van der Waals surface area contributed by atoms with Gasteiger partial charge >= 0.3 is 0 Å². The molecule has 0 radical (unpaired) electrons. The highest BCUT2D eigenvalue weighted by molar-refractivity contribution is 5.84. The van der Waals surface area contributed by atoms with E-state index in [-0.39, 0.29) is 12.5 Å². The topological polar surface area (TPSA) is 60.0 Å². The van der Waals surface area contributed by atoms with Crippen molar-refractivity contribution >= 4 is 11.9 Å². The number of rotatable bonds is 6. The van der Waals surface area contributed by atoms with Gasteiger partial charge in [-0.15, -0.1) is 0 Å². The molecule has 2 atom stereocenters. The maximum atomic E-state index is 11.6. The second-order valence-corrected chi connectivity index (χ2v) is 6.30. The van der Waals surface area contributed by atoms with Gasteiger partial charge in [-0.1, -0.05) is 6.42 Å². The molecule has 1 fully saturated rings. The van der Waals surface area contributed by atoms with Gasteiger partial charge < -0.3 is 15.5 Å². The van der Waals surface area contributed by atoms with Crippen LogP contribution in [-0.4, -0.2) is 74.0 Å². The Hall–Kier alpha value is -1.30. The smallest absolute Gasteiger partial charge is 0.243 e. The van der Waals surface area contributed by atoms with E-state index >= 15 is 0 Å². The van der Waals surface area contributed by atoms with Gasteiger partial charge in [0.25, 0.3) is 0 Å². The Balaban J connectivity index is 2.48. The highest BCUT2D eigenvalue weighted by atomic mass is 16.2. The van der Waals surface area contributed by atoms with Crippen LogP contribution >= 0.6 is 0 Å². The Morgan fingerprint density at radius 2 is 2.09 bits per heavy atom. The summed E-state index contributed by atoms with van der Waals surface area (Å²) in [5.74, 6) is 0.726. The van der Waals surface area contributed by atoms with Gasteiger partial charge in [-0.2, -0.15) is 0 Å². The molecular formula is C16H33N5O. The Morgan fingerprint density at radius 1 is 1.36 bits per heavy atom. The predicted octanol–water partition coefficient (Wildman–Crippen LogP) is 0.893. The number of guanidine groups is 1. The largest absolute Gasteiger partial charge is 0.357 e. The third kappa shape index (κ3) is 6.22. The molecule has 22 heavy (non-hydrogen) atoms. The van der Waals surface area contributed by atoms with Gasteiger partial charge in [0.15, 0.2) is 5.96 Å². The van der Waals surface area contributed by atoms with Gasteiger partial charge in [0.2, 0.25) is 5.91 Å². The number of hydrogen-bond donors (Lipinski definition) is 2. The van der Waals surface area contributed by atoms with Crippen molar-refractivity contribution in [3.63, 3.8) is 0 Å². The summed E-state index contributed by atoms with van der Waals surface area (Å²) < 4.78 is 0. The lowest BCUT2D eigenvalue weighted by Crippen LogP contribution is -2.50. The molecule has 6 nitrogen and oxygen atoms in total. The molecule has 1 aliphatic heterocycles. The first-order valence-electron chi connectivity index (χ1n) is 8.43. The average molecular weight is 311 g/mol. The van der Waals surface area contributed by atoms with Crippen LogP contribution in [0.3, 0.4) is 0 Å². The minimum atomic E-state index is 0.00917. The fourth-order valence-electron chi connectivity index (χ4n) is 2.77. The minimum absolute atomic E-state index is 0.00917. The summed E-state index contributed by atoms with van der Waals surface area (Å²) in [5.41, 5.74) is 0. The molecule has 0 aliphatic carbocycles. The van der Waals surface area contributed by atoms with Crippen LogP contribution in [0.5, 0.6) is 0 Å². The van der Waals surface area contributed by atoms with Crippen LogP contribution in [0.2, 0.25) is 0 Å². The zero-order valence-corrected chi connectivity index (χ0v) is 14.9. The summed E-state index contributed by atoms with van der Waals surface area (Å²) in [6.45, 7) is 9.58. The molecule has 0 spiro atoms. The third-order valence-corrected chi connectivity index (χ3v) is 4.20. The number of hydrogen-bond acceptors (Lipinski definition) is 3. The van der Waals surface area contributed by atoms with Crippen LogP contribution in [0.4, 0.5) is 0 Å². The van der Waals surface area contributed by atoms with Crippen molar-refractivity contribution in [3.8, 4) is 0 Å². The monoisotopic (exact) mass is 311 g/mol. The van der Waals surface area contributed by atoms with Gasteiger partial charge in [0.05, 0.1) is 0 Å². The number of carbonyl (C=O) groups is 1. The molecule has 0 aromatic heterocycles. The van der Waals surface area contributed by atoms with E-state index in [9.17, 15) is 4.79 Å². The van der Waals surface area contributed by atoms with Crippen molar-refractivity contribution in [2.24, 2.45) is 4.99 Å². The third-order valence-electron chi connectivity index (χ3n) is 4.20. The summed E-state index contributed by atoms with van der Waals surface area (Å²) in [6.07, 6.45) is 3.92. The molecule has 0 aromatic rings. The Kier molecular flexibility index (Phi) is 8.24. The summed E-state index contributed by atoms with van der Waals surface area (Å²) in [4.78, 5) is 20.1. The first-order valence-corrected chi connectivity index (χ1v) is 8.43. The summed E-state index contributed by atoms with van der Waals surface area (Å²) in [6, 6.07) is 1.11. The molecule has 1 saturated heterocycles. The maximum Gasteiger partial charge on any atom is 0.243 e. The quantitative estimate of drug-likeness (QED) is 0.565. The van der Waals surface area contributed by atoms with E-state index in [2.05, 4.69) is 34.4 Å². The van der Waals surface area contributed by atoms with Gasteiger partial charge in [-0.25, -0.2) is 4.99 Å². The second kappa shape index (κ2) is 9.66. The number of amides is 1. The van der Waals surface area contributed by atoms with E-state index in [4.69, 9.17) is 0 Å². The van der Waals surface area contributed by atoms with Crippen molar-refractivity contribution < 1.29 is 4.79 Å². The number of piperidine rings is 1. The Bertz CT molecular complexity index is 370. The standard InChI is InChI=1S/C16H33N5O/c1-6-17-16(19-12-15(22)20(4)5)18-11-14(3)21-10-8-7-9-13(21)2/h13-14H,6-12H2,1-5H3,(H2,17,18,19). The predicted molar refractivity (Wildman–Crippen MR) is 92.2 cm³/mol. The molecule has 0 saturated carbocycles. The van der Waals surface area contributed by atoms with E-state index in [1.165, 1.54) is 25.8 Å². The summed E-state index contributed by atoms with van der Waals surface area (Å²) >= 11 is 0. The molecule has 1 heterocycles. The molecular weight excluding hydrogens is 278 g/mol. The van der Waals surface area contributed by atoms with Crippen molar-refractivity contribution in [2.45, 2.75) is 52.1 Å². The van der Waals surface area contributed by atoms with Crippen molar-refractivity contribution in [2.75, 3.05) is 40.3 Å². The first-order chi connectivity index (χ1) is 10.5. The number of likely N-dealkylation sites (tertiary alicyclic amines) is 1. The van der Waals surface area contributed by atoms with Crippen LogP contribution in [0.15, 0.2) is 4.99 Å². The molecule has 128 valence electrons. The van der Waals surface area contributed by atoms with Crippen LogP contribution in [0, 0.1) is 0 Å². The SMILES string of the molecule is CCNC(=NCC(=O)N(C)C)NCC(C)N1CCCCC1C. The molecule has 1 rings (SSSR count). The zero-order chi connectivity index (χ0) is 16.5. The normalized spacial score (nSPS) is 21.3. The van der Waals surface area contributed by atoms with Gasteiger partial charge in [0, 0.05) is 39.3 Å². The van der Waals surface area contributed by atoms with Gasteiger partial charge in [-0.3, -0.25) is 9.69 Å². The molecule has 0 bridgehead atoms. The number of likely N-dealkylation sites (N-methyl/N-ethyl adjacent to an activating group) is 1.